The van der Waals surface area contributed by atoms with Crippen molar-refractivity contribution in [3.63, 3.8) is 0 Å². The van der Waals surface area contributed by atoms with Gasteiger partial charge in [0.2, 0.25) is 5.13 Å². The monoisotopic (exact) mass is 461 g/mol. The maximum atomic E-state index is 5.60. The maximum Gasteiger partial charge on any atom is 0.211 e. The van der Waals surface area contributed by atoms with E-state index in [0.29, 0.717) is 5.92 Å². The molecule has 0 aromatic carbocycles. The number of pyridine rings is 2. The first-order valence-electron chi connectivity index (χ1n) is 11.7. The summed E-state index contributed by atoms with van der Waals surface area (Å²) in [6.07, 6.45) is 10.2. The lowest BCUT2D eigenvalue weighted by molar-refractivity contribution is 0.0849. The number of hydrogen-bond acceptors (Lipinski definition) is 8. The fourth-order valence-electron chi connectivity index (χ4n) is 4.74. The van der Waals surface area contributed by atoms with E-state index in [1.807, 2.05) is 24.5 Å². The molecule has 2 saturated heterocycles. The molecule has 0 amide bonds. The SMILES string of the molecule is c1cnn(-c2nc3cc(Nc4ccc(C5CCOCC5)c(CN5CCCC5)n4)ncc3s2)c1. The topological polar surface area (TPSA) is 81.0 Å². The molecule has 4 aromatic rings. The summed E-state index contributed by atoms with van der Waals surface area (Å²) in [5.41, 5.74) is 3.46. The minimum absolute atomic E-state index is 0.531. The summed E-state index contributed by atoms with van der Waals surface area (Å²) in [5, 5.41) is 8.52. The highest BCUT2D eigenvalue weighted by Crippen LogP contribution is 2.32. The van der Waals surface area contributed by atoms with Crippen LogP contribution in [0.15, 0.2) is 42.9 Å². The second-order valence-corrected chi connectivity index (χ2v) is 9.72. The zero-order valence-electron chi connectivity index (χ0n) is 18.5. The first-order valence-corrected chi connectivity index (χ1v) is 12.5. The van der Waals surface area contributed by atoms with Gasteiger partial charge in [0, 0.05) is 44.4 Å². The third kappa shape index (κ3) is 4.48. The Morgan fingerprint density at radius 1 is 1.09 bits per heavy atom. The number of ether oxygens (including phenoxy) is 1. The van der Waals surface area contributed by atoms with E-state index in [1.54, 1.807) is 22.2 Å². The molecular weight excluding hydrogens is 434 g/mol. The molecule has 0 aliphatic carbocycles. The number of thiazole rings is 1. The van der Waals surface area contributed by atoms with Crippen LogP contribution in [0.3, 0.4) is 0 Å². The Morgan fingerprint density at radius 2 is 1.97 bits per heavy atom. The van der Waals surface area contributed by atoms with Crippen LogP contribution < -0.4 is 5.32 Å². The first kappa shape index (κ1) is 20.7. The number of aromatic nitrogens is 5. The third-order valence-electron chi connectivity index (χ3n) is 6.46. The lowest BCUT2D eigenvalue weighted by Gasteiger charge is -2.26. The minimum atomic E-state index is 0.531. The molecule has 1 N–H and O–H groups in total. The molecule has 0 unspecified atom stereocenters. The highest BCUT2D eigenvalue weighted by molar-refractivity contribution is 7.20. The Morgan fingerprint density at radius 3 is 2.79 bits per heavy atom. The highest BCUT2D eigenvalue weighted by Gasteiger charge is 2.22. The molecule has 6 heterocycles. The molecule has 0 bridgehead atoms. The minimum Gasteiger partial charge on any atom is -0.381 e. The van der Waals surface area contributed by atoms with Crippen molar-refractivity contribution < 1.29 is 4.74 Å². The van der Waals surface area contributed by atoms with Crippen molar-refractivity contribution in [2.24, 2.45) is 0 Å². The lowest BCUT2D eigenvalue weighted by atomic mass is 9.90. The Balaban J connectivity index is 1.27. The Kier molecular flexibility index (Phi) is 5.75. The van der Waals surface area contributed by atoms with E-state index >= 15 is 0 Å². The zero-order valence-corrected chi connectivity index (χ0v) is 19.3. The number of nitrogens with zero attached hydrogens (tertiary/aromatic N) is 6. The predicted molar refractivity (Wildman–Crippen MR) is 129 cm³/mol. The molecule has 4 aromatic heterocycles. The van der Waals surface area contributed by atoms with Crippen molar-refractivity contribution in [3.05, 3.63) is 54.1 Å². The van der Waals surface area contributed by atoms with Crippen molar-refractivity contribution in [2.75, 3.05) is 31.6 Å². The summed E-state index contributed by atoms with van der Waals surface area (Å²) in [4.78, 5) is 16.9. The molecule has 2 fully saturated rings. The number of anilines is 2. The number of nitrogens with one attached hydrogen (secondary N) is 1. The molecule has 8 nitrogen and oxygen atoms in total. The van der Waals surface area contributed by atoms with Gasteiger partial charge in [0.1, 0.15) is 11.6 Å². The molecular formula is C24H27N7OS. The van der Waals surface area contributed by atoms with Crippen LogP contribution >= 0.6 is 11.3 Å². The molecule has 170 valence electrons. The van der Waals surface area contributed by atoms with Crippen molar-refractivity contribution in [2.45, 2.75) is 38.1 Å². The smallest absolute Gasteiger partial charge is 0.211 e. The Hall–Kier alpha value is -2.88. The van der Waals surface area contributed by atoms with Crippen LogP contribution in [-0.4, -0.2) is 55.9 Å². The fraction of sp³-hybridized carbons (Fsp3) is 0.417. The normalized spacial score (nSPS) is 17.7. The van der Waals surface area contributed by atoms with Crippen molar-refractivity contribution in [1.29, 1.82) is 0 Å². The van der Waals surface area contributed by atoms with E-state index in [2.05, 4.69) is 32.4 Å². The van der Waals surface area contributed by atoms with E-state index < -0.39 is 0 Å². The maximum absolute atomic E-state index is 5.60. The average Bonchev–Trinajstić information content (AvgIpc) is 3.61. The first-order chi connectivity index (χ1) is 16.3. The summed E-state index contributed by atoms with van der Waals surface area (Å²) in [7, 11) is 0. The molecule has 2 aliphatic heterocycles. The second-order valence-electron chi connectivity index (χ2n) is 8.71. The van der Waals surface area contributed by atoms with Crippen molar-refractivity contribution in [3.8, 4) is 5.13 Å². The van der Waals surface area contributed by atoms with Gasteiger partial charge in [-0.15, -0.1) is 0 Å². The van der Waals surface area contributed by atoms with Crippen LogP contribution in [-0.2, 0) is 11.3 Å². The number of rotatable bonds is 6. The van der Waals surface area contributed by atoms with E-state index in [1.165, 1.54) is 24.1 Å². The Labute approximate surface area is 196 Å². The van der Waals surface area contributed by atoms with Gasteiger partial charge < -0.3 is 10.1 Å². The predicted octanol–water partition coefficient (Wildman–Crippen LogP) is 4.51. The standard InChI is InChI=1S/C24H27N7OS/c1-2-10-30(9-1)16-20-18(17-6-12-32-13-7-17)4-5-22(27-20)29-23-14-19-21(15-25-23)33-24(28-19)31-11-3-8-26-31/h3-5,8,11,14-15,17H,1-2,6-7,9-10,12-13,16H2,(H,25,27,29). The molecule has 0 spiro atoms. The summed E-state index contributed by atoms with van der Waals surface area (Å²) < 4.78 is 8.40. The molecule has 6 rings (SSSR count). The van der Waals surface area contributed by atoms with Crippen molar-refractivity contribution >= 4 is 33.2 Å². The zero-order chi connectivity index (χ0) is 22.0. The van der Waals surface area contributed by atoms with Crippen LogP contribution in [0.4, 0.5) is 11.6 Å². The highest BCUT2D eigenvalue weighted by atomic mass is 32.1. The van der Waals surface area contributed by atoms with E-state index in [0.717, 1.165) is 72.7 Å². The van der Waals surface area contributed by atoms with Gasteiger partial charge in [-0.2, -0.15) is 5.10 Å². The molecule has 0 radical (unpaired) electrons. The van der Waals surface area contributed by atoms with Crippen LogP contribution in [0, 0.1) is 0 Å². The van der Waals surface area contributed by atoms with Gasteiger partial charge in [-0.1, -0.05) is 17.4 Å². The quantitative estimate of drug-likeness (QED) is 0.453. The summed E-state index contributed by atoms with van der Waals surface area (Å²) >= 11 is 1.58. The van der Waals surface area contributed by atoms with Gasteiger partial charge in [-0.3, -0.25) is 4.90 Å². The molecule has 0 atom stereocenters. The summed E-state index contributed by atoms with van der Waals surface area (Å²) in [6.45, 7) is 4.91. The van der Waals surface area contributed by atoms with E-state index in [4.69, 9.17) is 14.7 Å². The molecule has 9 heteroatoms. The Bertz CT molecular complexity index is 1230. The van der Waals surface area contributed by atoms with Gasteiger partial charge in [0.05, 0.1) is 15.9 Å². The molecule has 0 saturated carbocycles. The van der Waals surface area contributed by atoms with Crippen molar-refractivity contribution in [1.82, 2.24) is 29.6 Å². The van der Waals surface area contributed by atoms with E-state index in [-0.39, 0.29) is 0 Å². The lowest BCUT2D eigenvalue weighted by Crippen LogP contribution is -2.22. The van der Waals surface area contributed by atoms with Gasteiger partial charge in [0.25, 0.3) is 0 Å². The third-order valence-corrected chi connectivity index (χ3v) is 7.46. The number of hydrogen-bond donors (Lipinski definition) is 1. The second kappa shape index (κ2) is 9.17. The van der Waals surface area contributed by atoms with Gasteiger partial charge in [-0.05, 0) is 62.4 Å². The number of likely N-dealkylation sites (tertiary alicyclic amines) is 1. The average molecular weight is 462 g/mol. The van der Waals surface area contributed by atoms with Gasteiger partial charge in [0.15, 0.2) is 0 Å². The molecule has 33 heavy (non-hydrogen) atoms. The van der Waals surface area contributed by atoms with Crippen LogP contribution in [0.5, 0.6) is 0 Å². The van der Waals surface area contributed by atoms with Gasteiger partial charge >= 0.3 is 0 Å². The van der Waals surface area contributed by atoms with Crippen LogP contribution in [0.1, 0.15) is 42.9 Å². The largest absolute Gasteiger partial charge is 0.381 e. The molecule has 2 aliphatic rings. The fourth-order valence-corrected chi connectivity index (χ4v) is 5.60. The summed E-state index contributed by atoms with van der Waals surface area (Å²) in [5.74, 6) is 2.11. The van der Waals surface area contributed by atoms with E-state index in [9.17, 15) is 0 Å². The number of fused-ring (bicyclic) bond motifs is 1. The van der Waals surface area contributed by atoms with Crippen LogP contribution in [0.2, 0.25) is 0 Å². The summed E-state index contributed by atoms with van der Waals surface area (Å²) in [6, 6.07) is 8.22. The van der Waals surface area contributed by atoms with Gasteiger partial charge in [-0.25, -0.2) is 19.6 Å². The van der Waals surface area contributed by atoms with Crippen LogP contribution in [0.25, 0.3) is 15.3 Å².